The van der Waals surface area contributed by atoms with E-state index in [1.54, 1.807) is 12.5 Å². The Morgan fingerprint density at radius 3 is 2.75 bits per heavy atom. The summed E-state index contributed by atoms with van der Waals surface area (Å²) in [6, 6.07) is -0.209. The van der Waals surface area contributed by atoms with Crippen LogP contribution in [0.1, 0.15) is 48.8 Å². The topological polar surface area (TPSA) is 125 Å². The Labute approximate surface area is 164 Å². The molecule has 2 aromatic heterocycles. The molecule has 0 aliphatic heterocycles. The molecule has 1 saturated carbocycles. The molecule has 0 bridgehead atoms. The van der Waals surface area contributed by atoms with E-state index in [0.717, 1.165) is 25.0 Å². The van der Waals surface area contributed by atoms with Crippen molar-refractivity contribution in [2.24, 2.45) is 5.92 Å². The van der Waals surface area contributed by atoms with Gasteiger partial charge in [0.2, 0.25) is 5.91 Å². The molecule has 0 unspecified atom stereocenters. The van der Waals surface area contributed by atoms with E-state index >= 15 is 0 Å². The van der Waals surface area contributed by atoms with E-state index in [4.69, 9.17) is 4.74 Å². The maximum atomic E-state index is 12.6. The minimum atomic E-state index is -0.229. The number of amides is 2. The van der Waals surface area contributed by atoms with Gasteiger partial charge in [-0.25, -0.2) is 9.97 Å². The predicted molar refractivity (Wildman–Crippen MR) is 103 cm³/mol. The molecular formula is C19H28N6O3. The van der Waals surface area contributed by atoms with Crippen LogP contribution < -0.4 is 10.6 Å². The van der Waals surface area contributed by atoms with Gasteiger partial charge in [0.1, 0.15) is 5.69 Å². The van der Waals surface area contributed by atoms with Gasteiger partial charge in [-0.05, 0) is 25.7 Å². The Kier molecular flexibility index (Phi) is 7.18. The van der Waals surface area contributed by atoms with Crippen LogP contribution in [0.15, 0.2) is 25.0 Å². The van der Waals surface area contributed by atoms with Crippen molar-refractivity contribution < 1.29 is 14.3 Å². The third kappa shape index (κ3) is 5.41. The van der Waals surface area contributed by atoms with E-state index in [-0.39, 0.29) is 29.9 Å². The van der Waals surface area contributed by atoms with E-state index in [0.29, 0.717) is 31.7 Å². The number of H-pyrrole nitrogens is 2. The largest absolute Gasteiger partial charge is 0.376 e. The molecule has 4 N–H and O–H groups in total. The molecule has 0 radical (unpaired) electrons. The quantitative estimate of drug-likeness (QED) is 0.513. The number of carbonyl (C=O) groups is 2. The number of ether oxygens (including phenoxy) is 1. The summed E-state index contributed by atoms with van der Waals surface area (Å²) in [7, 11) is 0. The maximum Gasteiger partial charge on any atom is 0.269 e. The fourth-order valence-electron chi connectivity index (χ4n) is 3.51. The highest BCUT2D eigenvalue weighted by molar-refractivity contribution is 5.92. The van der Waals surface area contributed by atoms with Gasteiger partial charge in [0, 0.05) is 37.4 Å². The lowest BCUT2D eigenvalue weighted by molar-refractivity contribution is -0.127. The molecule has 0 saturated heterocycles. The minimum absolute atomic E-state index is 0.0225. The standard InChI is InChI=1S/C19H28N6O3/c1-2-7-28-17-4-3-13(18(26)22-6-5-14-9-20-11-23-14)8-15(17)25-19(27)16-10-21-12-24-16/h9-13,15,17H,2-8H2,1H3,(H,20,23)(H,21,24)(H,22,26)(H,25,27)/t13-,15+,17+/m0/s1. The molecule has 0 aromatic carbocycles. The summed E-state index contributed by atoms with van der Waals surface area (Å²) in [4.78, 5) is 38.7. The lowest BCUT2D eigenvalue weighted by atomic mass is 9.83. The van der Waals surface area contributed by atoms with Crippen LogP contribution in [0.5, 0.6) is 0 Å². The summed E-state index contributed by atoms with van der Waals surface area (Å²) in [5.41, 5.74) is 1.39. The van der Waals surface area contributed by atoms with Crippen molar-refractivity contribution in [3.8, 4) is 0 Å². The lowest BCUT2D eigenvalue weighted by Crippen LogP contribution is -2.50. The van der Waals surface area contributed by atoms with E-state index in [1.165, 1.54) is 12.5 Å². The third-order valence-corrected chi connectivity index (χ3v) is 5.00. The average molecular weight is 388 g/mol. The number of imidazole rings is 2. The molecule has 2 amide bonds. The fraction of sp³-hybridized carbons (Fsp3) is 0.579. The molecule has 3 atom stereocenters. The lowest BCUT2D eigenvalue weighted by Gasteiger charge is -2.35. The molecule has 1 aliphatic rings. The third-order valence-electron chi connectivity index (χ3n) is 5.00. The van der Waals surface area contributed by atoms with Gasteiger partial charge in [-0.15, -0.1) is 0 Å². The Hall–Kier alpha value is -2.68. The van der Waals surface area contributed by atoms with Gasteiger partial charge in [-0.2, -0.15) is 0 Å². The number of rotatable bonds is 9. The number of aromatic amines is 2. The van der Waals surface area contributed by atoms with Crippen molar-refractivity contribution >= 4 is 11.8 Å². The number of hydrogen-bond donors (Lipinski definition) is 4. The second kappa shape index (κ2) is 10.0. The van der Waals surface area contributed by atoms with E-state index in [1.807, 2.05) is 0 Å². The highest BCUT2D eigenvalue weighted by Gasteiger charge is 2.35. The van der Waals surface area contributed by atoms with Gasteiger partial charge in [0.25, 0.3) is 5.91 Å². The molecule has 0 spiro atoms. The van der Waals surface area contributed by atoms with Crippen LogP contribution in [0.2, 0.25) is 0 Å². The summed E-state index contributed by atoms with van der Waals surface area (Å²) >= 11 is 0. The average Bonchev–Trinajstić information content (AvgIpc) is 3.41. The highest BCUT2D eigenvalue weighted by Crippen LogP contribution is 2.27. The molecule has 2 aromatic rings. The van der Waals surface area contributed by atoms with Crippen LogP contribution in [0.25, 0.3) is 0 Å². The van der Waals surface area contributed by atoms with Crippen molar-refractivity contribution in [3.63, 3.8) is 0 Å². The summed E-state index contributed by atoms with van der Waals surface area (Å²) in [5, 5.41) is 6.01. The number of nitrogens with zero attached hydrogens (tertiary/aromatic N) is 2. The molecule has 9 heteroatoms. The molecule has 1 fully saturated rings. The first-order chi connectivity index (χ1) is 13.7. The number of carbonyl (C=O) groups excluding carboxylic acids is 2. The van der Waals surface area contributed by atoms with Gasteiger partial charge < -0.3 is 25.3 Å². The smallest absolute Gasteiger partial charge is 0.269 e. The van der Waals surface area contributed by atoms with Crippen LogP contribution in [-0.4, -0.2) is 57.0 Å². The number of nitrogens with one attached hydrogen (secondary N) is 4. The first-order valence-electron chi connectivity index (χ1n) is 9.83. The van der Waals surface area contributed by atoms with Gasteiger partial charge in [0.15, 0.2) is 0 Å². The minimum Gasteiger partial charge on any atom is -0.376 e. The van der Waals surface area contributed by atoms with Crippen LogP contribution in [-0.2, 0) is 16.0 Å². The Bertz CT molecular complexity index is 731. The van der Waals surface area contributed by atoms with Crippen molar-refractivity contribution in [1.29, 1.82) is 0 Å². The summed E-state index contributed by atoms with van der Waals surface area (Å²) in [6.07, 6.45) is 9.93. The molecular weight excluding hydrogens is 360 g/mol. The Morgan fingerprint density at radius 2 is 2.04 bits per heavy atom. The summed E-state index contributed by atoms with van der Waals surface area (Å²) in [6.45, 7) is 3.25. The van der Waals surface area contributed by atoms with Crippen LogP contribution in [0.3, 0.4) is 0 Å². The Balaban J connectivity index is 1.54. The SMILES string of the molecule is CCCO[C@@H]1CC[C@H](C(=O)NCCc2cnc[nH]2)C[C@H]1NC(=O)c1cnc[nH]1. The summed E-state index contributed by atoms with van der Waals surface area (Å²) in [5.74, 6) is -0.350. The molecule has 2 heterocycles. The second-order valence-corrected chi connectivity index (χ2v) is 7.08. The zero-order valence-corrected chi connectivity index (χ0v) is 16.1. The normalized spacial score (nSPS) is 22.0. The van der Waals surface area contributed by atoms with E-state index in [2.05, 4.69) is 37.5 Å². The van der Waals surface area contributed by atoms with Crippen molar-refractivity contribution in [3.05, 3.63) is 36.4 Å². The van der Waals surface area contributed by atoms with Crippen molar-refractivity contribution in [2.75, 3.05) is 13.2 Å². The van der Waals surface area contributed by atoms with Gasteiger partial charge in [-0.3, -0.25) is 9.59 Å². The van der Waals surface area contributed by atoms with Crippen LogP contribution in [0, 0.1) is 5.92 Å². The monoisotopic (exact) mass is 388 g/mol. The summed E-state index contributed by atoms with van der Waals surface area (Å²) < 4.78 is 5.94. The zero-order chi connectivity index (χ0) is 19.8. The molecule has 3 rings (SSSR count). The first-order valence-corrected chi connectivity index (χ1v) is 9.83. The Morgan fingerprint density at radius 1 is 1.21 bits per heavy atom. The van der Waals surface area contributed by atoms with E-state index < -0.39 is 0 Å². The maximum absolute atomic E-state index is 12.6. The zero-order valence-electron chi connectivity index (χ0n) is 16.1. The van der Waals surface area contributed by atoms with Gasteiger partial charge >= 0.3 is 0 Å². The molecule has 9 nitrogen and oxygen atoms in total. The van der Waals surface area contributed by atoms with Crippen molar-refractivity contribution in [2.45, 2.75) is 51.2 Å². The fourth-order valence-corrected chi connectivity index (χ4v) is 3.51. The predicted octanol–water partition coefficient (Wildman–Crippen LogP) is 1.19. The van der Waals surface area contributed by atoms with Gasteiger partial charge in [0.05, 0.1) is 31.0 Å². The van der Waals surface area contributed by atoms with Crippen molar-refractivity contribution in [1.82, 2.24) is 30.6 Å². The number of hydrogen-bond acceptors (Lipinski definition) is 5. The molecule has 28 heavy (non-hydrogen) atoms. The second-order valence-electron chi connectivity index (χ2n) is 7.08. The highest BCUT2D eigenvalue weighted by atomic mass is 16.5. The van der Waals surface area contributed by atoms with Crippen LogP contribution in [0.4, 0.5) is 0 Å². The van der Waals surface area contributed by atoms with Gasteiger partial charge in [-0.1, -0.05) is 6.92 Å². The van der Waals surface area contributed by atoms with Crippen LogP contribution >= 0.6 is 0 Å². The molecule has 152 valence electrons. The molecule has 1 aliphatic carbocycles. The van der Waals surface area contributed by atoms with E-state index in [9.17, 15) is 9.59 Å². The first kappa shape index (κ1) is 20.1. The number of aromatic nitrogens is 4.